The van der Waals surface area contributed by atoms with Crippen LogP contribution in [0.15, 0.2) is 18.2 Å². The van der Waals surface area contributed by atoms with Crippen molar-refractivity contribution in [2.24, 2.45) is 5.73 Å². The number of nitrogens with two attached hydrogens (primary N) is 1. The van der Waals surface area contributed by atoms with Gasteiger partial charge in [-0.1, -0.05) is 11.8 Å². The number of methoxy groups -OCH3 is 1. The molecule has 0 fully saturated rings. The van der Waals surface area contributed by atoms with E-state index in [1.54, 1.807) is 20.2 Å². The van der Waals surface area contributed by atoms with Gasteiger partial charge in [-0.2, -0.15) is 0 Å². The van der Waals surface area contributed by atoms with E-state index in [1.165, 1.54) is 17.0 Å². The molecular weight excluding hydrogens is 259 g/mol. The van der Waals surface area contributed by atoms with Gasteiger partial charge in [-0.25, -0.2) is 4.39 Å². The number of halogens is 1. The van der Waals surface area contributed by atoms with Crippen molar-refractivity contribution in [2.45, 2.75) is 13.0 Å². The van der Waals surface area contributed by atoms with E-state index in [-0.39, 0.29) is 24.1 Å². The number of amides is 1. The summed E-state index contributed by atoms with van der Waals surface area (Å²) in [5.41, 5.74) is 5.77. The Kier molecular flexibility index (Phi) is 6.16. The lowest BCUT2D eigenvalue weighted by Gasteiger charge is -2.24. The van der Waals surface area contributed by atoms with Gasteiger partial charge in [-0.05, 0) is 25.1 Å². The second kappa shape index (κ2) is 7.63. The lowest BCUT2D eigenvalue weighted by Crippen LogP contribution is -2.38. The molecule has 0 aromatic heterocycles. The first-order valence-corrected chi connectivity index (χ1v) is 6.25. The summed E-state index contributed by atoms with van der Waals surface area (Å²) < 4.78 is 18.9. The third-order valence-electron chi connectivity index (χ3n) is 2.92. The molecule has 0 radical (unpaired) electrons. The minimum absolute atomic E-state index is 0.0220. The minimum atomic E-state index is -0.588. The fraction of sp³-hybridized carbons (Fsp3) is 0.400. The summed E-state index contributed by atoms with van der Waals surface area (Å²) >= 11 is 0. The topological polar surface area (TPSA) is 55.6 Å². The molecule has 0 saturated heterocycles. The van der Waals surface area contributed by atoms with Crippen molar-refractivity contribution >= 4 is 5.91 Å². The van der Waals surface area contributed by atoms with Crippen molar-refractivity contribution in [3.05, 3.63) is 35.1 Å². The number of rotatable bonds is 4. The molecule has 1 aromatic rings. The molecule has 4 nitrogen and oxygen atoms in total. The Morgan fingerprint density at radius 1 is 1.55 bits per heavy atom. The largest absolute Gasteiger partial charge is 0.383 e. The van der Waals surface area contributed by atoms with E-state index in [9.17, 15) is 9.18 Å². The highest BCUT2D eigenvalue weighted by Crippen LogP contribution is 2.13. The second-order valence-corrected chi connectivity index (χ2v) is 4.42. The summed E-state index contributed by atoms with van der Waals surface area (Å²) in [6.07, 6.45) is 0. The Labute approximate surface area is 118 Å². The number of carbonyl (C=O) groups is 1. The van der Waals surface area contributed by atoms with Crippen molar-refractivity contribution in [1.29, 1.82) is 0 Å². The summed E-state index contributed by atoms with van der Waals surface area (Å²) in [5.74, 6) is 4.39. The highest BCUT2D eigenvalue weighted by Gasteiger charge is 2.20. The van der Waals surface area contributed by atoms with Crippen LogP contribution >= 0.6 is 0 Å². The lowest BCUT2D eigenvalue weighted by molar-refractivity contribution is 0.0629. The number of hydrogen-bond donors (Lipinski definition) is 1. The zero-order valence-electron chi connectivity index (χ0n) is 11.9. The molecule has 0 aliphatic rings. The maximum Gasteiger partial charge on any atom is 0.256 e. The lowest BCUT2D eigenvalue weighted by atomic mass is 10.1. The first kappa shape index (κ1) is 16.2. The summed E-state index contributed by atoms with van der Waals surface area (Å²) in [6, 6.07) is 4.15. The van der Waals surface area contributed by atoms with Gasteiger partial charge in [0.15, 0.2) is 0 Å². The number of hydrogen-bond acceptors (Lipinski definition) is 3. The molecule has 1 atom stereocenters. The number of nitrogens with zero attached hydrogens (tertiary/aromatic N) is 1. The second-order valence-electron chi connectivity index (χ2n) is 4.42. The van der Waals surface area contributed by atoms with Crippen LogP contribution in [0, 0.1) is 17.7 Å². The Morgan fingerprint density at radius 3 is 2.80 bits per heavy atom. The van der Waals surface area contributed by atoms with Crippen molar-refractivity contribution in [2.75, 3.05) is 27.3 Å². The molecule has 20 heavy (non-hydrogen) atoms. The van der Waals surface area contributed by atoms with Crippen LogP contribution in [0.4, 0.5) is 4.39 Å². The molecule has 0 bridgehead atoms. The van der Waals surface area contributed by atoms with Gasteiger partial charge in [0.05, 0.1) is 24.8 Å². The number of carbonyl (C=O) groups excluding carboxylic acids is 1. The van der Waals surface area contributed by atoms with Crippen LogP contribution in [0.1, 0.15) is 22.8 Å². The monoisotopic (exact) mass is 278 g/mol. The molecule has 5 heteroatoms. The van der Waals surface area contributed by atoms with E-state index in [2.05, 4.69) is 11.8 Å². The van der Waals surface area contributed by atoms with Crippen LogP contribution in [0.25, 0.3) is 0 Å². The molecule has 2 N–H and O–H groups in total. The van der Waals surface area contributed by atoms with E-state index in [1.807, 2.05) is 6.92 Å². The van der Waals surface area contributed by atoms with Gasteiger partial charge in [0.2, 0.25) is 0 Å². The van der Waals surface area contributed by atoms with Crippen LogP contribution in [0.3, 0.4) is 0 Å². The first-order valence-electron chi connectivity index (χ1n) is 6.25. The fourth-order valence-corrected chi connectivity index (χ4v) is 1.66. The van der Waals surface area contributed by atoms with E-state index in [4.69, 9.17) is 10.5 Å². The Hall–Kier alpha value is -1.90. The minimum Gasteiger partial charge on any atom is -0.383 e. The SMILES string of the molecule is COCC(C)N(C)C(=O)c1ccc(C#CCN)cc1F. The van der Waals surface area contributed by atoms with Crippen LogP contribution < -0.4 is 5.73 Å². The maximum atomic E-state index is 14.0. The molecule has 1 unspecified atom stereocenters. The number of benzene rings is 1. The van der Waals surface area contributed by atoms with Gasteiger partial charge in [-0.15, -0.1) is 0 Å². The zero-order valence-corrected chi connectivity index (χ0v) is 11.9. The average molecular weight is 278 g/mol. The predicted octanol–water partition coefficient (Wildman–Crippen LogP) is 1.24. The quantitative estimate of drug-likeness (QED) is 0.843. The number of likely N-dealkylation sites (N-methyl/N-ethyl adjacent to an activating group) is 1. The van der Waals surface area contributed by atoms with Crippen LogP contribution in [0.5, 0.6) is 0 Å². The third kappa shape index (κ3) is 4.05. The highest BCUT2D eigenvalue weighted by atomic mass is 19.1. The van der Waals surface area contributed by atoms with Gasteiger partial charge in [0.25, 0.3) is 5.91 Å². The van der Waals surface area contributed by atoms with Crippen molar-refractivity contribution in [1.82, 2.24) is 4.90 Å². The summed E-state index contributed by atoms with van der Waals surface area (Å²) in [7, 11) is 3.17. The predicted molar refractivity (Wildman–Crippen MR) is 75.8 cm³/mol. The number of ether oxygens (including phenoxy) is 1. The molecule has 0 aliphatic carbocycles. The molecule has 0 saturated carbocycles. The Bertz CT molecular complexity index is 534. The molecule has 0 aliphatic heterocycles. The summed E-state index contributed by atoms with van der Waals surface area (Å²) in [6.45, 7) is 2.43. The van der Waals surface area contributed by atoms with Crippen molar-refractivity contribution in [3.63, 3.8) is 0 Å². The third-order valence-corrected chi connectivity index (χ3v) is 2.92. The molecule has 1 rings (SSSR count). The Balaban J connectivity index is 2.94. The Morgan fingerprint density at radius 2 is 2.25 bits per heavy atom. The average Bonchev–Trinajstić information content (AvgIpc) is 2.44. The van der Waals surface area contributed by atoms with Gasteiger partial charge in [0.1, 0.15) is 5.82 Å². The summed E-state index contributed by atoms with van der Waals surface area (Å²) in [4.78, 5) is 13.6. The van der Waals surface area contributed by atoms with E-state index >= 15 is 0 Å². The maximum absolute atomic E-state index is 14.0. The van der Waals surface area contributed by atoms with Crippen molar-refractivity contribution < 1.29 is 13.9 Å². The van der Waals surface area contributed by atoms with Crippen LogP contribution in [0.2, 0.25) is 0 Å². The summed E-state index contributed by atoms with van der Waals surface area (Å²) in [5, 5.41) is 0. The van der Waals surface area contributed by atoms with Gasteiger partial charge in [-0.3, -0.25) is 4.79 Å². The molecule has 1 aromatic carbocycles. The first-order chi connectivity index (χ1) is 9.51. The molecule has 108 valence electrons. The van der Waals surface area contributed by atoms with E-state index in [0.29, 0.717) is 12.2 Å². The smallest absolute Gasteiger partial charge is 0.256 e. The van der Waals surface area contributed by atoms with E-state index < -0.39 is 5.82 Å². The molecule has 0 spiro atoms. The van der Waals surface area contributed by atoms with Crippen LogP contribution in [-0.4, -0.2) is 44.2 Å². The molecule has 0 heterocycles. The highest BCUT2D eigenvalue weighted by molar-refractivity contribution is 5.94. The van der Waals surface area contributed by atoms with Crippen molar-refractivity contribution in [3.8, 4) is 11.8 Å². The van der Waals surface area contributed by atoms with Crippen LogP contribution in [-0.2, 0) is 4.74 Å². The van der Waals surface area contributed by atoms with Gasteiger partial charge < -0.3 is 15.4 Å². The molecule has 1 amide bonds. The van der Waals surface area contributed by atoms with Gasteiger partial charge >= 0.3 is 0 Å². The fourth-order valence-electron chi connectivity index (χ4n) is 1.66. The zero-order chi connectivity index (χ0) is 15.1. The normalized spacial score (nSPS) is 11.4. The van der Waals surface area contributed by atoms with Gasteiger partial charge in [0, 0.05) is 19.7 Å². The molecular formula is C15H19FN2O2. The standard InChI is InChI=1S/C15H19FN2O2/c1-11(10-20-3)18(2)15(19)13-7-6-12(5-4-8-17)9-14(13)16/h6-7,9,11H,8,10,17H2,1-3H3. The van der Waals surface area contributed by atoms with E-state index in [0.717, 1.165) is 0 Å².